The van der Waals surface area contributed by atoms with Crippen molar-refractivity contribution in [2.24, 2.45) is 0 Å². The highest BCUT2D eigenvalue weighted by Crippen LogP contribution is 2.25. The van der Waals surface area contributed by atoms with E-state index in [1.165, 1.54) is 18.4 Å². The van der Waals surface area contributed by atoms with Crippen molar-refractivity contribution < 1.29 is 9.59 Å². The summed E-state index contributed by atoms with van der Waals surface area (Å²) in [4.78, 5) is 28.3. The van der Waals surface area contributed by atoms with Gasteiger partial charge >= 0.3 is 0 Å². The van der Waals surface area contributed by atoms with Crippen LogP contribution in [-0.2, 0) is 24.1 Å². The Hall–Kier alpha value is -2.69. The molecule has 0 spiro atoms. The second-order valence-corrected chi connectivity index (χ2v) is 6.09. The summed E-state index contributed by atoms with van der Waals surface area (Å²) in [5.41, 5.74) is 5.29. The number of pyridine rings is 1. The van der Waals surface area contributed by atoms with E-state index in [4.69, 9.17) is 0 Å². The van der Waals surface area contributed by atoms with Crippen LogP contribution in [0, 0.1) is 0 Å². The van der Waals surface area contributed by atoms with E-state index >= 15 is 0 Å². The molecule has 2 amide bonds. The standard InChI is InChI=1S/C18H17N3O2/c22-17-9-12-5-6-13(8-16(12)21-17)18(23)20-14-7-11-3-1-2-4-15(11)19-10-14/h5-8,10H,1-4,9H2,(H,20,23)(H,21,22). The fraction of sp³-hybridized carbons (Fsp3) is 0.278. The number of aryl methyl sites for hydroxylation is 2. The minimum absolute atomic E-state index is 0.0311. The van der Waals surface area contributed by atoms with Gasteiger partial charge in [-0.1, -0.05) is 6.07 Å². The zero-order chi connectivity index (χ0) is 15.8. The monoisotopic (exact) mass is 307 g/mol. The molecular weight excluding hydrogens is 290 g/mol. The number of nitrogens with zero attached hydrogens (tertiary/aromatic N) is 1. The van der Waals surface area contributed by atoms with Crippen molar-refractivity contribution in [1.82, 2.24) is 4.98 Å². The molecule has 4 rings (SSSR count). The molecule has 0 unspecified atom stereocenters. The maximum Gasteiger partial charge on any atom is 0.255 e. The molecule has 0 fully saturated rings. The SMILES string of the molecule is O=C1Cc2ccc(C(=O)Nc3cnc4c(c3)CCCC4)cc2N1. The number of amides is 2. The second-order valence-electron chi connectivity index (χ2n) is 6.09. The fourth-order valence-electron chi connectivity index (χ4n) is 3.22. The average Bonchev–Trinajstić information content (AvgIpc) is 2.93. The largest absolute Gasteiger partial charge is 0.326 e. The first kappa shape index (κ1) is 13.9. The summed E-state index contributed by atoms with van der Waals surface area (Å²) in [7, 11) is 0. The minimum Gasteiger partial charge on any atom is -0.326 e. The molecular formula is C18H17N3O2. The number of hydrogen-bond acceptors (Lipinski definition) is 3. The Labute approximate surface area is 134 Å². The van der Waals surface area contributed by atoms with Gasteiger partial charge < -0.3 is 10.6 Å². The molecule has 0 radical (unpaired) electrons. The fourth-order valence-corrected chi connectivity index (χ4v) is 3.22. The van der Waals surface area contributed by atoms with Gasteiger partial charge in [0.25, 0.3) is 5.91 Å². The van der Waals surface area contributed by atoms with Crippen molar-refractivity contribution in [2.45, 2.75) is 32.1 Å². The molecule has 5 nitrogen and oxygen atoms in total. The van der Waals surface area contributed by atoms with Crippen LogP contribution >= 0.6 is 0 Å². The molecule has 2 heterocycles. The Morgan fingerprint density at radius 2 is 2.00 bits per heavy atom. The average molecular weight is 307 g/mol. The molecule has 2 aliphatic rings. The van der Waals surface area contributed by atoms with Crippen LogP contribution in [-0.4, -0.2) is 16.8 Å². The number of aromatic nitrogens is 1. The lowest BCUT2D eigenvalue weighted by atomic mass is 9.96. The molecule has 23 heavy (non-hydrogen) atoms. The molecule has 1 aromatic heterocycles. The van der Waals surface area contributed by atoms with Crippen molar-refractivity contribution in [3.8, 4) is 0 Å². The Bertz CT molecular complexity index is 814. The number of rotatable bonds is 2. The number of fused-ring (bicyclic) bond motifs is 2. The van der Waals surface area contributed by atoms with Crippen LogP contribution in [0.15, 0.2) is 30.5 Å². The van der Waals surface area contributed by atoms with Gasteiger partial charge in [-0.05, 0) is 55.0 Å². The normalized spacial score (nSPS) is 15.6. The topological polar surface area (TPSA) is 71.1 Å². The Kier molecular flexibility index (Phi) is 3.33. The summed E-state index contributed by atoms with van der Waals surface area (Å²) in [5, 5.41) is 5.66. The molecule has 0 atom stereocenters. The van der Waals surface area contributed by atoms with Crippen LogP contribution < -0.4 is 10.6 Å². The molecule has 2 N–H and O–H groups in total. The predicted molar refractivity (Wildman–Crippen MR) is 87.6 cm³/mol. The van der Waals surface area contributed by atoms with Crippen LogP contribution in [0.2, 0.25) is 0 Å². The summed E-state index contributed by atoms with van der Waals surface area (Å²) >= 11 is 0. The highest BCUT2D eigenvalue weighted by atomic mass is 16.2. The number of carbonyl (C=O) groups is 2. The van der Waals surface area contributed by atoms with Gasteiger partial charge in [-0.3, -0.25) is 14.6 Å². The highest BCUT2D eigenvalue weighted by Gasteiger charge is 2.19. The van der Waals surface area contributed by atoms with Crippen LogP contribution in [0.1, 0.15) is 40.0 Å². The zero-order valence-electron chi connectivity index (χ0n) is 12.7. The first-order valence-electron chi connectivity index (χ1n) is 7.91. The first-order valence-corrected chi connectivity index (χ1v) is 7.91. The van der Waals surface area contributed by atoms with E-state index in [0.717, 1.165) is 35.5 Å². The van der Waals surface area contributed by atoms with Gasteiger partial charge in [-0.15, -0.1) is 0 Å². The third-order valence-electron chi connectivity index (χ3n) is 4.42. The number of carbonyl (C=O) groups excluding carboxylic acids is 2. The van der Waals surface area contributed by atoms with Crippen LogP contribution in [0.4, 0.5) is 11.4 Å². The van der Waals surface area contributed by atoms with Gasteiger partial charge in [-0.2, -0.15) is 0 Å². The molecule has 0 saturated carbocycles. The Morgan fingerprint density at radius 1 is 1.13 bits per heavy atom. The van der Waals surface area contributed by atoms with Gasteiger partial charge in [0.05, 0.1) is 18.3 Å². The Balaban J connectivity index is 1.54. The summed E-state index contributed by atoms with van der Waals surface area (Å²) in [6.07, 6.45) is 6.51. The molecule has 0 saturated heterocycles. The molecule has 1 aliphatic carbocycles. The summed E-state index contributed by atoms with van der Waals surface area (Å²) in [6.45, 7) is 0. The number of hydrogen-bond donors (Lipinski definition) is 2. The smallest absolute Gasteiger partial charge is 0.255 e. The molecule has 1 aliphatic heterocycles. The van der Waals surface area contributed by atoms with E-state index in [0.29, 0.717) is 12.0 Å². The maximum absolute atomic E-state index is 12.4. The molecule has 116 valence electrons. The summed E-state index contributed by atoms with van der Waals surface area (Å²) in [6, 6.07) is 7.32. The number of anilines is 2. The van der Waals surface area contributed by atoms with Gasteiger partial charge in [-0.25, -0.2) is 0 Å². The molecule has 5 heteroatoms. The van der Waals surface area contributed by atoms with E-state index in [1.54, 1.807) is 18.3 Å². The van der Waals surface area contributed by atoms with Gasteiger partial charge in [0, 0.05) is 16.9 Å². The van der Waals surface area contributed by atoms with Crippen LogP contribution in [0.25, 0.3) is 0 Å². The van der Waals surface area contributed by atoms with Crippen molar-refractivity contribution in [3.63, 3.8) is 0 Å². The van der Waals surface area contributed by atoms with Crippen LogP contribution in [0.3, 0.4) is 0 Å². The lowest BCUT2D eigenvalue weighted by Gasteiger charge is -2.15. The van der Waals surface area contributed by atoms with Crippen molar-refractivity contribution in [1.29, 1.82) is 0 Å². The molecule has 0 bridgehead atoms. The molecule has 1 aromatic carbocycles. The van der Waals surface area contributed by atoms with Crippen molar-refractivity contribution in [3.05, 3.63) is 52.8 Å². The number of nitrogens with one attached hydrogen (secondary N) is 2. The van der Waals surface area contributed by atoms with Gasteiger partial charge in [0.1, 0.15) is 0 Å². The Morgan fingerprint density at radius 3 is 2.91 bits per heavy atom. The first-order chi connectivity index (χ1) is 11.2. The summed E-state index contributed by atoms with van der Waals surface area (Å²) < 4.78 is 0. The van der Waals surface area contributed by atoms with Gasteiger partial charge in [0.15, 0.2) is 0 Å². The third kappa shape index (κ3) is 2.70. The van der Waals surface area contributed by atoms with E-state index in [2.05, 4.69) is 15.6 Å². The van der Waals surface area contributed by atoms with E-state index in [-0.39, 0.29) is 11.8 Å². The van der Waals surface area contributed by atoms with Crippen LogP contribution in [0.5, 0.6) is 0 Å². The van der Waals surface area contributed by atoms with E-state index in [9.17, 15) is 9.59 Å². The number of benzene rings is 1. The second kappa shape index (κ2) is 5.50. The lowest BCUT2D eigenvalue weighted by molar-refractivity contribution is -0.115. The zero-order valence-corrected chi connectivity index (χ0v) is 12.7. The van der Waals surface area contributed by atoms with Gasteiger partial charge in [0.2, 0.25) is 5.91 Å². The van der Waals surface area contributed by atoms with E-state index < -0.39 is 0 Å². The highest BCUT2D eigenvalue weighted by molar-refractivity contribution is 6.07. The predicted octanol–water partition coefficient (Wildman–Crippen LogP) is 2.71. The van der Waals surface area contributed by atoms with E-state index in [1.807, 2.05) is 12.1 Å². The third-order valence-corrected chi connectivity index (χ3v) is 4.42. The molecule has 2 aromatic rings. The maximum atomic E-state index is 12.4. The summed E-state index contributed by atoms with van der Waals surface area (Å²) in [5.74, 6) is -0.219. The quantitative estimate of drug-likeness (QED) is 0.896. The minimum atomic E-state index is -0.188. The van der Waals surface area contributed by atoms with Crippen molar-refractivity contribution >= 4 is 23.2 Å². The van der Waals surface area contributed by atoms with Crippen molar-refractivity contribution in [2.75, 3.05) is 10.6 Å². The lowest BCUT2D eigenvalue weighted by Crippen LogP contribution is -2.14.